The molecule has 2 saturated heterocycles. The standard InChI is InChI=1S/C29H34ClNO5/c1-27(2)28(3)14-15-29(27,36-26(28)33)25(32)31-16-13-23(20-7-9-21(30)10-8-20)24(17-31)35-18-19-5-11-22(34-4)12-6-19/h5-12,23-24H,13-18H2,1-4H3/t23-,24+,28+,29+/m1/s1. The Balaban J connectivity index is 1.38. The van der Waals surface area contributed by atoms with Crippen LogP contribution in [0.2, 0.25) is 5.02 Å². The average molecular weight is 512 g/mol. The number of hydrogen-bond acceptors (Lipinski definition) is 5. The minimum Gasteiger partial charge on any atom is -0.497 e. The van der Waals surface area contributed by atoms with Gasteiger partial charge in [-0.05, 0) is 61.6 Å². The van der Waals surface area contributed by atoms with Gasteiger partial charge in [0.05, 0.1) is 25.2 Å². The second-order valence-corrected chi connectivity index (χ2v) is 11.5. The lowest BCUT2D eigenvalue weighted by Crippen LogP contribution is -2.58. The molecule has 4 atom stereocenters. The smallest absolute Gasteiger partial charge is 0.313 e. The monoisotopic (exact) mass is 511 g/mol. The molecule has 6 nitrogen and oxygen atoms in total. The van der Waals surface area contributed by atoms with Crippen molar-refractivity contribution in [2.24, 2.45) is 10.8 Å². The van der Waals surface area contributed by atoms with Crippen molar-refractivity contribution >= 4 is 23.5 Å². The highest BCUT2D eigenvalue weighted by Crippen LogP contribution is 2.66. The Kier molecular flexibility index (Phi) is 6.32. The molecule has 1 amide bonds. The minimum atomic E-state index is -1.10. The number of ether oxygens (including phenoxy) is 3. The van der Waals surface area contributed by atoms with E-state index in [1.807, 2.05) is 74.2 Å². The number of esters is 1. The highest BCUT2D eigenvalue weighted by molar-refractivity contribution is 6.30. The molecule has 0 radical (unpaired) electrons. The first-order valence-electron chi connectivity index (χ1n) is 12.6. The lowest BCUT2D eigenvalue weighted by atomic mass is 9.66. The number of carbonyl (C=O) groups excluding carboxylic acids is 2. The third kappa shape index (κ3) is 3.81. The Bertz CT molecular complexity index is 1150. The van der Waals surface area contributed by atoms with E-state index < -0.39 is 16.4 Å². The van der Waals surface area contributed by atoms with E-state index in [2.05, 4.69) is 0 Å². The van der Waals surface area contributed by atoms with Crippen LogP contribution >= 0.6 is 11.6 Å². The molecule has 2 aliphatic heterocycles. The molecular formula is C29H34ClNO5. The van der Waals surface area contributed by atoms with Crippen LogP contribution in [-0.4, -0.2) is 48.7 Å². The van der Waals surface area contributed by atoms with Crippen LogP contribution in [0.1, 0.15) is 57.1 Å². The third-order valence-corrected chi connectivity index (χ3v) is 9.45. The molecule has 0 N–H and O–H groups in total. The Labute approximate surface area is 217 Å². The largest absolute Gasteiger partial charge is 0.497 e. The Morgan fingerprint density at radius 3 is 2.36 bits per heavy atom. The number of rotatable bonds is 6. The van der Waals surface area contributed by atoms with Gasteiger partial charge in [0.2, 0.25) is 0 Å². The fourth-order valence-electron chi connectivity index (χ4n) is 6.26. The molecular weight excluding hydrogens is 478 g/mol. The maximum atomic E-state index is 14.0. The first-order chi connectivity index (χ1) is 17.1. The topological polar surface area (TPSA) is 65.1 Å². The summed E-state index contributed by atoms with van der Waals surface area (Å²) in [5.74, 6) is 0.573. The first kappa shape index (κ1) is 25.1. The number of nitrogens with zero attached hydrogens (tertiary/aromatic N) is 1. The van der Waals surface area contributed by atoms with E-state index >= 15 is 0 Å². The van der Waals surface area contributed by atoms with Gasteiger partial charge in [-0.3, -0.25) is 9.59 Å². The summed E-state index contributed by atoms with van der Waals surface area (Å²) in [7, 11) is 1.64. The van der Waals surface area contributed by atoms with Gasteiger partial charge in [-0.25, -0.2) is 0 Å². The van der Waals surface area contributed by atoms with Crippen molar-refractivity contribution in [2.45, 2.75) is 64.3 Å². The SMILES string of the molecule is COc1ccc(CO[C@H]2CN(C(=O)[C@]34CC[C@@](C)(C(=O)O3)C4(C)C)CC[C@@H]2c2ccc(Cl)cc2)cc1. The van der Waals surface area contributed by atoms with Gasteiger partial charge in [-0.15, -0.1) is 0 Å². The summed E-state index contributed by atoms with van der Waals surface area (Å²) in [4.78, 5) is 28.6. The van der Waals surface area contributed by atoms with Gasteiger partial charge in [-0.1, -0.05) is 49.7 Å². The molecule has 0 spiro atoms. The number of methoxy groups -OCH3 is 1. The zero-order valence-electron chi connectivity index (χ0n) is 21.4. The van der Waals surface area contributed by atoms with Crippen LogP contribution in [0.15, 0.2) is 48.5 Å². The molecule has 2 aromatic rings. The Morgan fingerprint density at radius 2 is 1.78 bits per heavy atom. The van der Waals surface area contributed by atoms with Crippen LogP contribution in [0, 0.1) is 10.8 Å². The molecule has 3 aliphatic rings. The van der Waals surface area contributed by atoms with Gasteiger partial charge in [0.1, 0.15) is 5.75 Å². The van der Waals surface area contributed by atoms with E-state index in [1.54, 1.807) is 7.11 Å². The predicted octanol–water partition coefficient (Wildman–Crippen LogP) is 5.37. The molecule has 2 bridgehead atoms. The summed E-state index contributed by atoms with van der Waals surface area (Å²) in [6.45, 7) is 7.38. The molecule has 0 unspecified atom stereocenters. The van der Waals surface area contributed by atoms with Crippen molar-refractivity contribution in [1.82, 2.24) is 4.90 Å². The second-order valence-electron chi connectivity index (χ2n) is 11.1. The highest BCUT2D eigenvalue weighted by Gasteiger charge is 2.76. The maximum absolute atomic E-state index is 14.0. The lowest BCUT2D eigenvalue weighted by Gasteiger charge is -2.44. The summed E-state index contributed by atoms with van der Waals surface area (Å²) in [5, 5.41) is 0.690. The molecule has 1 aliphatic carbocycles. The van der Waals surface area contributed by atoms with Crippen molar-refractivity contribution in [3.63, 3.8) is 0 Å². The normalized spacial score (nSPS) is 30.8. The molecule has 5 rings (SSSR count). The number of halogens is 1. The van der Waals surface area contributed by atoms with E-state index in [4.69, 9.17) is 25.8 Å². The number of piperidine rings is 1. The Morgan fingerprint density at radius 1 is 1.08 bits per heavy atom. The van der Waals surface area contributed by atoms with Crippen molar-refractivity contribution < 1.29 is 23.8 Å². The maximum Gasteiger partial charge on any atom is 0.313 e. The molecule has 2 aromatic carbocycles. The van der Waals surface area contributed by atoms with Gasteiger partial charge in [0.25, 0.3) is 5.91 Å². The molecule has 36 heavy (non-hydrogen) atoms. The van der Waals surface area contributed by atoms with Gasteiger partial charge in [-0.2, -0.15) is 0 Å². The fourth-order valence-corrected chi connectivity index (χ4v) is 6.39. The predicted molar refractivity (Wildman–Crippen MR) is 137 cm³/mol. The first-order valence-corrected chi connectivity index (χ1v) is 13.0. The van der Waals surface area contributed by atoms with E-state index in [9.17, 15) is 9.59 Å². The van der Waals surface area contributed by atoms with Crippen LogP contribution in [0.5, 0.6) is 5.75 Å². The molecule has 192 valence electrons. The van der Waals surface area contributed by atoms with Gasteiger partial charge >= 0.3 is 5.97 Å². The van der Waals surface area contributed by atoms with Gasteiger partial charge < -0.3 is 19.1 Å². The molecule has 2 heterocycles. The Hall–Kier alpha value is -2.57. The number of likely N-dealkylation sites (tertiary alicyclic amines) is 1. The van der Waals surface area contributed by atoms with E-state index in [0.29, 0.717) is 37.6 Å². The molecule has 7 heteroatoms. The zero-order valence-corrected chi connectivity index (χ0v) is 22.1. The minimum absolute atomic E-state index is 0.0883. The molecule has 3 fully saturated rings. The second kappa shape index (κ2) is 9.07. The van der Waals surface area contributed by atoms with Gasteiger partial charge in [0.15, 0.2) is 5.60 Å². The van der Waals surface area contributed by atoms with Crippen LogP contribution in [0.25, 0.3) is 0 Å². The fraction of sp³-hybridized carbons (Fsp3) is 0.517. The lowest BCUT2D eigenvalue weighted by molar-refractivity contribution is -0.176. The number of carbonyl (C=O) groups is 2. The van der Waals surface area contributed by atoms with Crippen molar-refractivity contribution in [1.29, 1.82) is 0 Å². The quantitative estimate of drug-likeness (QED) is 0.488. The van der Waals surface area contributed by atoms with Crippen molar-refractivity contribution in [2.75, 3.05) is 20.2 Å². The number of benzene rings is 2. The van der Waals surface area contributed by atoms with Crippen LogP contribution in [0.4, 0.5) is 0 Å². The molecule has 0 aromatic heterocycles. The van der Waals surface area contributed by atoms with E-state index in [-0.39, 0.29) is 23.9 Å². The van der Waals surface area contributed by atoms with Crippen molar-refractivity contribution in [3.05, 3.63) is 64.7 Å². The zero-order chi connectivity index (χ0) is 25.7. The van der Waals surface area contributed by atoms with Crippen molar-refractivity contribution in [3.8, 4) is 5.75 Å². The summed E-state index contributed by atoms with van der Waals surface area (Å²) < 4.78 is 17.6. The van der Waals surface area contributed by atoms with Crippen LogP contribution in [-0.2, 0) is 25.7 Å². The van der Waals surface area contributed by atoms with Crippen LogP contribution in [0.3, 0.4) is 0 Å². The van der Waals surface area contributed by atoms with E-state index in [1.165, 1.54) is 0 Å². The number of amides is 1. The summed E-state index contributed by atoms with van der Waals surface area (Å²) >= 11 is 6.14. The number of hydrogen-bond donors (Lipinski definition) is 0. The highest BCUT2D eigenvalue weighted by atomic mass is 35.5. The molecule has 1 saturated carbocycles. The number of fused-ring (bicyclic) bond motifs is 2. The third-order valence-electron chi connectivity index (χ3n) is 9.20. The van der Waals surface area contributed by atoms with Crippen LogP contribution < -0.4 is 4.74 Å². The average Bonchev–Trinajstić information content (AvgIpc) is 3.18. The summed E-state index contributed by atoms with van der Waals surface area (Å²) in [5.41, 5.74) is -0.127. The summed E-state index contributed by atoms with van der Waals surface area (Å²) in [6, 6.07) is 15.7. The van der Waals surface area contributed by atoms with E-state index in [0.717, 1.165) is 23.3 Å². The summed E-state index contributed by atoms with van der Waals surface area (Å²) in [6.07, 6.45) is 1.77. The van der Waals surface area contributed by atoms with Gasteiger partial charge in [0, 0.05) is 29.4 Å².